The molecule has 3 rings (SSSR count). The number of carbonyl (C=O) groups excluding carboxylic acids is 3. The molecule has 0 atom stereocenters. The summed E-state index contributed by atoms with van der Waals surface area (Å²) < 4.78 is 5.83. The van der Waals surface area contributed by atoms with E-state index in [-0.39, 0.29) is 30.9 Å². The van der Waals surface area contributed by atoms with E-state index in [2.05, 4.69) is 5.32 Å². The second-order valence-corrected chi connectivity index (χ2v) is 7.75. The molecule has 31 heavy (non-hydrogen) atoms. The first-order valence-electron chi connectivity index (χ1n) is 10.4. The van der Waals surface area contributed by atoms with Gasteiger partial charge in [-0.3, -0.25) is 14.4 Å². The van der Waals surface area contributed by atoms with Crippen LogP contribution in [-0.4, -0.2) is 66.9 Å². The minimum absolute atomic E-state index is 0.0216. The molecule has 0 aliphatic carbocycles. The molecule has 1 fully saturated rings. The smallest absolute Gasteiger partial charge is 0.260 e. The zero-order valence-electron chi connectivity index (χ0n) is 18.3. The summed E-state index contributed by atoms with van der Waals surface area (Å²) in [6, 6.07) is 12.8. The van der Waals surface area contributed by atoms with Gasteiger partial charge in [0.25, 0.3) is 11.8 Å². The number of amides is 3. The molecule has 1 N–H and O–H groups in total. The third-order valence-corrected chi connectivity index (χ3v) is 5.63. The highest BCUT2D eigenvalue weighted by Crippen LogP contribution is 2.25. The lowest BCUT2D eigenvalue weighted by molar-refractivity contribution is -0.140. The van der Waals surface area contributed by atoms with E-state index in [1.807, 2.05) is 39.0 Å². The molecule has 2 aromatic carbocycles. The van der Waals surface area contributed by atoms with E-state index < -0.39 is 0 Å². The molecule has 0 bridgehead atoms. The van der Waals surface area contributed by atoms with Gasteiger partial charge in [-0.15, -0.1) is 0 Å². The predicted octanol–water partition coefficient (Wildman–Crippen LogP) is 2.09. The molecule has 1 aliphatic rings. The van der Waals surface area contributed by atoms with Crippen molar-refractivity contribution < 1.29 is 19.1 Å². The molecule has 7 heteroatoms. The fourth-order valence-electron chi connectivity index (χ4n) is 3.54. The van der Waals surface area contributed by atoms with Crippen molar-refractivity contribution in [1.82, 2.24) is 15.1 Å². The van der Waals surface area contributed by atoms with Crippen LogP contribution in [-0.2, 0) is 9.59 Å². The van der Waals surface area contributed by atoms with E-state index >= 15 is 0 Å². The lowest BCUT2D eigenvalue weighted by Crippen LogP contribution is -2.53. The van der Waals surface area contributed by atoms with Gasteiger partial charge in [0.1, 0.15) is 5.75 Å². The van der Waals surface area contributed by atoms with Crippen LogP contribution >= 0.6 is 0 Å². The first kappa shape index (κ1) is 22.3. The molecular formula is C24H29N3O4. The standard InChI is InChI=1S/C24H29N3O4/c1-17-9-10-18(2)23(19(17)3)31-16-22(29)27-13-11-26(12-14-27)21(28)15-25-24(30)20-7-5-4-6-8-20/h4-10H,11-16H2,1-3H3,(H,25,30). The van der Waals surface area contributed by atoms with Crippen LogP contribution in [0.3, 0.4) is 0 Å². The maximum absolute atomic E-state index is 12.6. The molecule has 2 aromatic rings. The van der Waals surface area contributed by atoms with E-state index in [4.69, 9.17) is 4.74 Å². The molecule has 0 spiro atoms. The summed E-state index contributed by atoms with van der Waals surface area (Å²) in [5.74, 6) is 0.237. The number of aryl methyl sites for hydroxylation is 2. The Hall–Kier alpha value is -3.35. The van der Waals surface area contributed by atoms with Crippen LogP contribution in [0.5, 0.6) is 5.75 Å². The van der Waals surface area contributed by atoms with Crippen LogP contribution in [0.2, 0.25) is 0 Å². The first-order chi connectivity index (χ1) is 14.9. The van der Waals surface area contributed by atoms with E-state index in [0.29, 0.717) is 31.7 Å². The fourth-order valence-corrected chi connectivity index (χ4v) is 3.54. The van der Waals surface area contributed by atoms with Gasteiger partial charge in [-0.25, -0.2) is 0 Å². The SMILES string of the molecule is Cc1ccc(C)c(OCC(=O)N2CCN(C(=O)CNC(=O)c3ccccc3)CC2)c1C. The maximum atomic E-state index is 12.6. The summed E-state index contributed by atoms with van der Waals surface area (Å²) in [6.45, 7) is 7.67. The molecular weight excluding hydrogens is 394 g/mol. The molecule has 1 heterocycles. The Bertz CT molecular complexity index is 951. The van der Waals surface area contributed by atoms with Crippen LogP contribution in [0, 0.1) is 20.8 Å². The van der Waals surface area contributed by atoms with Gasteiger partial charge >= 0.3 is 0 Å². The lowest BCUT2D eigenvalue weighted by Gasteiger charge is -2.34. The highest BCUT2D eigenvalue weighted by atomic mass is 16.5. The Morgan fingerprint density at radius 3 is 2.06 bits per heavy atom. The average molecular weight is 424 g/mol. The van der Waals surface area contributed by atoms with Crippen LogP contribution in [0.25, 0.3) is 0 Å². The minimum Gasteiger partial charge on any atom is -0.483 e. The maximum Gasteiger partial charge on any atom is 0.260 e. The Labute approximate surface area is 183 Å². The Balaban J connectivity index is 1.43. The summed E-state index contributed by atoms with van der Waals surface area (Å²) in [5.41, 5.74) is 3.69. The molecule has 7 nitrogen and oxygen atoms in total. The third kappa shape index (κ3) is 5.63. The molecule has 0 unspecified atom stereocenters. The van der Waals surface area contributed by atoms with Gasteiger partial charge in [0.05, 0.1) is 6.54 Å². The van der Waals surface area contributed by atoms with E-state index in [0.717, 1.165) is 22.4 Å². The topological polar surface area (TPSA) is 79.0 Å². The number of benzene rings is 2. The zero-order chi connectivity index (χ0) is 22.4. The number of nitrogens with one attached hydrogen (secondary N) is 1. The van der Waals surface area contributed by atoms with Crippen molar-refractivity contribution in [2.24, 2.45) is 0 Å². The van der Waals surface area contributed by atoms with Crippen molar-refractivity contribution in [2.75, 3.05) is 39.3 Å². The van der Waals surface area contributed by atoms with Crippen molar-refractivity contribution in [3.8, 4) is 5.75 Å². The van der Waals surface area contributed by atoms with E-state index in [9.17, 15) is 14.4 Å². The highest BCUT2D eigenvalue weighted by Gasteiger charge is 2.25. The number of nitrogens with zero attached hydrogens (tertiary/aromatic N) is 2. The third-order valence-electron chi connectivity index (χ3n) is 5.63. The average Bonchev–Trinajstić information content (AvgIpc) is 2.80. The molecule has 1 aliphatic heterocycles. The summed E-state index contributed by atoms with van der Waals surface area (Å²) in [4.78, 5) is 40.4. The van der Waals surface area contributed by atoms with Crippen molar-refractivity contribution >= 4 is 17.7 Å². The number of hydrogen-bond acceptors (Lipinski definition) is 4. The number of ether oxygens (including phenoxy) is 1. The van der Waals surface area contributed by atoms with Crippen molar-refractivity contribution in [3.05, 3.63) is 64.7 Å². The fraction of sp³-hybridized carbons (Fsp3) is 0.375. The Kier molecular flexibility index (Phi) is 7.28. The number of carbonyl (C=O) groups is 3. The lowest BCUT2D eigenvalue weighted by atomic mass is 10.1. The summed E-state index contributed by atoms with van der Waals surface area (Å²) >= 11 is 0. The molecule has 1 saturated heterocycles. The molecule has 0 radical (unpaired) electrons. The van der Waals surface area contributed by atoms with Gasteiger partial charge in [0, 0.05) is 31.7 Å². The summed E-state index contributed by atoms with van der Waals surface area (Å²) in [7, 11) is 0. The number of piperazine rings is 1. The predicted molar refractivity (Wildman–Crippen MR) is 118 cm³/mol. The van der Waals surface area contributed by atoms with E-state index in [1.54, 1.807) is 34.1 Å². The van der Waals surface area contributed by atoms with Crippen molar-refractivity contribution in [3.63, 3.8) is 0 Å². The van der Waals surface area contributed by atoms with Crippen LogP contribution < -0.4 is 10.1 Å². The quantitative estimate of drug-likeness (QED) is 0.772. The highest BCUT2D eigenvalue weighted by molar-refractivity contribution is 5.96. The second-order valence-electron chi connectivity index (χ2n) is 7.75. The van der Waals surface area contributed by atoms with Gasteiger partial charge in [-0.2, -0.15) is 0 Å². The Morgan fingerprint density at radius 2 is 1.42 bits per heavy atom. The van der Waals surface area contributed by atoms with Crippen molar-refractivity contribution in [2.45, 2.75) is 20.8 Å². The van der Waals surface area contributed by atoms with Crippen molar-refractivity contribution in [1.29, 1.82) is 0 Å². The zero-order valence-corrected chi connectivity index (χ0v) is 18.3. The van der Waals surface area contributed by atoms with Crippen LogP contribution in [0.4, 0.5) is 0 Å². The monoisotopic (exact) mass is 423 g/mol. The molecule has 3 amide bonds. The van der Waals surface area contributed by atoms with Gasteiger partial charge < -0.3 is 19.9 Å². The largest absolute Gasteiger partial charge is 0.483 e. The molecule has 0 aromatic heterocycles. The second kappa shape index (κ2) is 10.1. The van der Waals surface area contributed by atoms with Gasteiger partial charge in [0.15, 0.2) is 6.61 Å². The number of rotatable bonds is 6. The normalized spacial score (nSPS) is 13.6. The molecule has 164 valence electrons. The number of hydrogen-bond donors (Lipinski definition) is 1. The van der Waals surface area contributed by atoms with E-state index in [1.165, 1.54) is 0 Å². The first-order valence-corrected chi connectivity index (χ1v) is 10.4. The van der Waals surface area contributed by atoms with Crippen LogP contribution in [0.15, 0.2) is 42.5 Å². The van der Waals surface area contributed by atoms with Gasteiger partial charge in [0.2, 0.25) is 5.91 Å². The summed E-state index contributed by atoms with van der Waals surface area (Å²) in [5, 5.41) is 2.65. The Morgan fingerprint density at radius 1 is 0.839 bits per heavy atom. The van der Waals surface area contributed by atoms with Crippen LogP contribution in [0.1, 0.15) is 27.0 Å². The summed E-state index contributed by atoms with van der Waals surface area (Å²) in [6.07, 6.45) is 0. The van der Waals surface area contributed by atoms with Gasteiger partial charge in [-0.1, -0.05) is 30.3 Å². The van der Waals surface area contributed by atoms with Gasteiger partial charge in [-0.05, 0) is 49.6 Å². The molecule has 0 saturated carbocycles. The minimum atomic E-state index is -0.276.